The Hall–Kier alpha value is -1.91. The molecule has 0 aliphatic carbocycles. The van der Waals surface area contributed by atoms with E-state index in [2.05, 4.69) is 63.6 Å². The molecular formula is C16H12Br3N3O4. The van der Waals surface area contributed by atoms with E-state index in [0.29, 0.717) is 10.0 Å². The minimum absolute atomic E-state index is 0.0981. The van der Waals surface area contributed by atoms with Crippen LogP contribution < -0.4 is 10.7 Å². The minimum atomic E-state index is -0.541. The number of phenols is 2. The lowest BCUT2D eigenvalue weighted by atomic mass is 10.2. The first kappa shape index (κ1) is 20.4. The van der Waals surface area contributed by atoms with Gasteiger partial charge in [-0.2, -0.15) is 5.10 Å². The highest BCUT2D eigenvalue weighted by Crippen LogP contribution is 2.40. The van der Waals surface area contributed by atoms with E-state index in [1.165, 1.54) is 12.3 Å². The molecule has 0 radical (unpaired) electrons. The molecule has 7 nitrogen and oxygen atoms in total. The average molecular weight is 550 g/mol. The normalized spacial score (nSPS) is 10.7. The summed E-state index contributed by atoms with van der Waals surface area (Å²) in [4.78, 5) is 23.7. The van der Waals surface area contributed by atoms with Crippen LogP contribution in [0.3, 0.4) is 0 Å². The van der Waals surface area contributed by atoms with Gasteiger partial charge in [-0.3, -0.25) is 9.59 Å². The van der Waals surface area contributed by atoms with Gasteiger partial charge in [-0.05, 0) is 56.1 Å². The van der Waals surface area contributed by atoms with Gasteiger partial charge in [0.1, 0.15) is 16.0 Å². The van der Waals surface area contributed by atoms with Crippen LogP contribution in [0, 0.1) is 0 Å². The molecule has 4 N–H and O–H groups in total. The van der Waals surface area contributed by atoms with E-state index >= 15 is 0 Å². The lowest BCUT2D eigenvalue weighted by Crippen LogP contribution is -2.34. The fourth-order valence-corrected chi connectivity index (χ4v) is 3.37. The highest BCUT2D eigenvalue weighted by Gasteiger charge is 2.13. The summed E-state index contributed by atoms with van der Waals surface area (Å²) in [5.41, 5.74) is 2.91. The number of nitrogens with zero attached hydrogens (tertiary/aromatic N) is 1. The van der Waals surface area contributed by atoms with Gasteiger partial charge in [0, 0.05) is 15.6 Å². The first-order chi connectivity index (χ1) is 12.3. The predicted octanol–water partition coefficient (Wildman–Crippen LogP) is 3.27. The molecule has 0 saturated heterocycles. The van der Waals surface area contributed by atoms with Crippen LogP contribution in [0.15, 0.2) is 48.9 Å². The van der Waals surface area contributed by atoms with Crippen molar-refractivity contribution in [1.82, 2.24) is 10.7 Å². The van der Waals surface area contributed by atoms with Crippen molar-refractivity contribution in [3.63, 3.8) is 0 Å². The molecule has 0 bridgehead atoms. The minimum Gasteiger partial charge on any atom is -0.506 e. The molecular weight excluding hydrogens is 538 g/mol. The molecule has 2 aromatic rings. The Bertz CT molecular complexity index is 887. The third-order valence-electron chi connectivity index (χ3n) is 3.09. The van der Waals surface area contributed by atoms with Gasteiger partial charge in [0.15, 0.2) is 0 Å². The number of nitrogens with one attached hydrogen (secondary N) is 2. The first-order valence-corrected chi connectivity index (χ1v) is 9.43. The summed E-state index contributed by atoms with van der Waals surface area (Å²) in [5.74, 6) is -1.32. The fourth-order valence-electron chi connectivity index (χ4n) is 1.82. The summed E-state index contributed by atoms with van der Waals surface area (Å²) >= 11 is 9.43. The Labute approximate surface area is 173 Å². The first-order valence-electron chi connectivity index (χ1n) is 7.05. The second-order valence-electron chi connectivity index (χ2n) is 4.95. The van der Waals surface area contributed by atoms with Crippen molar-refractivity contribution in [2.75, 3.05) is 6.54 Å². The molecule has 0 aromatic heterocycles. The molecule has 0 spiro atoms. The number of halogens is 3. The summed E-state index contributed by atoms with van der Waals surface area (Å²) in [5, 5.41) is 25.7. The molecule has 136 valence electrons. The number of aromatic hydroxyl groups is 2. The summed E-state index contributed by atoms with van der Waals surface area (Å²) < 4.78 is 1.20. The number of phenolic OH excluding ortho intramolecular Hbond substituents is 2. The zero-order chi connectivity index (χ0) is 19.3. The number of hydrogen-bond acceptors (Lipinski definition) is 5. The summed E-state index contributed by atoms with van der Waals surface area (Å²) in [6.45, 7) is -0.266. The van der Waals surface area contributed by atoms with Gasteiger partial charge in [0.05, 0.1) is 17.2 Å². The zero-order valence-corrected chi connectivity index (χ0v) is 17.7. The van der Waals surface area contributed by atoms with Gasteiger partial charge in [-0.25, -0.2) is 5.43 Å². The van der Waals surface area contributed by atoms with Crippen molar-refractivity contribution >= 4 is 65.8 Å². The van der Waals surface area contributed by atoms with Crippen LogP contribution in [-0.2, 0) is 4.79 Å². The molecule has 0 aliphatic rings. The fraction of sp³-hybridized carbons (Fsp3) is 0.0625. The lowest BCUT2D eigenvalue weighted by molar-refractivity contribution is -0.120. The van der Waals surface area contributed by atoms with Crippen molar-refractivity contribution < 1.29 is 19.8 Å². The molecule has 0 atom stereocenters. The topological polar surface area (TPSA) is 111 Å². The number of rotatable bonds is 5. The standard InChI is InChI=1S/C16H12Br3N3O4/c17-10-3-1-2-8(4-10)16(26)20-7-12(23)22-21-6-9-5-11(18)15(25)13(19)14(9)24/h1-6,24-25H,7H2,(H,20,26)(H,22,23)/b21-6+. The van der Waals surface area contributed by atoms with Crippen molar-refractivity contribution in [2.24, 2.45) is 5.10 Å². The third-order valence-corrected chi connectivity index (χ3v) is 4.94. The summed E-state index contributed by atoms with van der Waals surface area (Å²) in [7, 11) is 0. The van der Waals surface area contributed by atoms with E-state index in [4.69, 9.17) is 0 Å². The van der Waals surface area contributed by atoms with Gasteiger partial charge in [0.2, 0.25) is 0 Å². The van der Waals surface area contributed by atoms with Crippen LogP contribution in [0.2, 0.25) is 0 Å². The van der Waals surface area contributed by atoms with E-state index in [1.54, 1.807) is 24.3 Å². The Morgan fingerprint density at radius 2 is 1.85 bits per heavy atom. The average Bonchev–Trinajstić information content (AvgIpc) is 2.62. The lowest BCUT2D eigenvalue weighted by Gasteiger charge is -2.06. The van der Waals surface area contributed by atoms with Gasteiger partial charge >= 0.3 is 0 Å². The molecule has 0 heterocycles. The third kappa shape index (κ3) is 5.29. The maximum atomic E-state index is 11.9. The Morgan fingerprint density at radius 3 is 2.54 bits per heavy atom. The van der Waals surface area contributed by atoms with E-state index < -0.39 is 11.8 Å². The number of benzene rings is 2. The largest absolute Gasteiger partial charge is 0.506 e. The van der Waals surface area contributed by atoms with Crippen molar-refractivity contribution in [3.05, 3.63) is 54.9 Å². The number of hydrazone groups is 1. The maximum absolute atomic E-state index is 11.9. The molecule has 0 unspecified atom stereocenters. The SMILES string of the molecule is O=C(CNC(=O)c1cccc(Br)c1)N/N=C/c1cc(Br)c(O)c(Br)c1O. The highest BCUT2D eigenvalue weighted by molar-refractivity contribution is 9.11. The van der Waals surface area contributed by atoms with Crippen LogP contribution in [-0.4, -0.2) is 34.8 Å². The smallest absolute Gasteiger partial charge is 0.259 e. The van der Waals surface area contributed by atoms with Crippen LogP contribution in [0.1, 0.15) is 15.9 Å². The van der Waals surface area contributed by atoms with Crippen LogP contribution in [0.25, 0.3) is 0 Å². The van der Waals surface area contributed by atoms with Crippen molar-refractivity contribution in [3.8, 4) is 11.5 Å². The Morgan fingerprint density at radius 1 is 1.12 bits per heavy atom. The van der Waals surface area contributed by atoms with Gasteiger partial charge in [-0.15, -0.1) is 0 Å². The van der Waals surface area contributed by atoms with Crippen LogP contribution >= 0.6 is 47.8 Å². The Kier molecular flexibility index (Phi) is 7.18. The quantitative estimate of drug-likeness (QED) is 0.339. The molecule has 26 heavy (non-hydrogen) atoms. The molecule has 0 aliphatic heterocycles. The van der Waals surface area contributed by atoms with E-state index in [1.807, 2.05) is 0 Å². The Balaban J connectivity index is 1.91. The monoisotopic (exact) mass is 547 g/mol. The molecule has 2 aromatic carbocycles. The van der Waals surface area contributed by atoms with Crippen LogP contribution in [0.5, 0.6) is 11.5 Å². The molecule has 10 heteroatoms. The number of amides is 2. The molecule has 0 fully saturated rings. The van der Waals surface area contributed by atoms with Crippen molar-refractivity contribution in [1.29, 1.82) is 0 Å². The molecule has 2 rings (SSSR count). The van der Waals surface area contributed by atoms with Crippen LogP contribution in [0.4, 0.5) is 0 Å². The summed E-state index contributed by atoms with van der Waals surface area (Å²) in [6.07, 6.45) is 1.21. The highest BCUT2D eigenvalue weighted by atomic mass is 79.9. The number of carbonyl (C=O) groups excluding carboxylic acids is 2. The van der Waals surface area contributed by atoms with E-state index in [9.17, 15) is 19.8 Å². The zero-order valence-electron chi connectivity index (χ0n) is 13.0. The number of hydrogen-bond donors (Lipinski definition) is 4. The second-order valence-corrected chi connectivity index (χ2v) is 7.51. The molecule has 2 amide bonds. The van der Waals surface area contributed by atoms with E-state index in [0.717, 1.165) is 4.47 Å². The van der Waals surface area contributed by atoms with Gasteiger partial charge in [-0.1, -0.05) is 22.0 Å². The van der Waals surface area contributed by atoms with Gasteiger partial charge < -0.3 is 15.5 Å². The maximum Gasteiger partial charge on any atom is 0.259 e. The predicted molar refractivity (Wildman–Crippen MR) is 107 cm³/mol. The second kappa shape index (κ2) is 9.15. The molecule has 0 saturated carbocycles. The van der Waals surface area contributed by atoms with E-state index in [-0.39, 0.29) is 28.1 Å². The van der Waals surface area contributed by atoms with Gasteiger partial charge in [0.25, 0.3) is 11.8 Å². The summed E-state index contributed by atoms with van der Waals surface area (Å²) in [6, 6.07) is 8.19. The number of carbonyl (C=O) groups is 2. The van der Waals surface area contributed by atoms with Crippen molar-refractivity contribution in [2.45, 2.75) is 0 Å².